The van der Waals surface area contributed by atoms with Gasteiger partial charge >= 0.3 is 0 Å². The normalized spacial score (nSPS) is 10.7. The molecule has 4 heteroatoms. The summed E-state index contributed by atoms with van der Waals surface area (Å²) in [5, 5.41) is 3.19. The van der Waals surface area contributed by atoms with Crippen molar-refractivity contribution in [3.63, 3.8) is 0 Å². The van der Waals surface area contributed by atoms with Crippen LogP contribution in [0.2, 0.25) is 10.2 Å². The van der Waals surface area contributed by atoms with Gasteiger partial charge < -0.3 is 0 Å². The molecule has 0 saturated heterocycles. The zero-order valence-electron chi connectivity index (χ0n) is 6.39. The fraction of sp³-hybridized carbons (Fsp3) is 0. The average molecular weight is 324 g/mol. The van der Waals surface area contributed by atoms with Crippen molar-refractivity contribution >= 4 is 56.6 Å². The van der Waals surface area contributed by atoms with Crippen LogP contribution in [0.1, 0.15) is 0 Å². The monoisotopic (exact) mass is 323 g/mol. The van der Waals surface area contributed by atoms with Crippen molar-refractivity contribution in [2.75, 3.05) is 0 Å². The predicted molar refractivity (Wildman–Crippen MR) is 64.5 cm³/mol. The van der Waals surface area contributed by atoms with Crippen LogP contribution in [0.25, 0.3) is 10.8 Å². The first-order valence-corrected chi connectivity index (χ1v) is 5.41. The fourth-order valence-corrected chi connectivity index (χ4v) is 2.14. The van der Waals surface area contributed by atoms with Gasteiger partial charge in [-0.25, -0.2) is 4.98 Å². The smallest absolute Gasteiger partial charge is 0.129 e. The first-order valence-electron chi connectivity index (χ1n) is 3.58. The molecule has 1 nitrogen and oxygen atoms in total. The molecule has 2 aromatic rings. The molecule has 66 valence electrons. The molecule has 1 aromatic carbocycles. The lowest BCUT2D eigenvalue weighted by Gasteiger charge is -2.02. The standard InChI is InChI=1S/C9H4Cl2IN/c10-7-1-2-8(12)5-3-9(11)13-4-6(5)7/h1-4H. The van der Waals surface area contributed by atoms with Gasteiger partial charge in [-0.3, -0.25) is 0 Å². The van der Waals surface area contributed by atoms with Crippen molar-refractivity contribution in [2.45, 2.75) is 0 Å². The summed E-state index contributed by atoms with van der Waals surface area (Å²) in [6.45, 7) is 0. The molecule has 0 N–H and O–H groups in total. The number of rotatable bonds is 0. The van der Waals surface area contributed by atoms with Crippen LogP contribution >= 0.6 is 45.8 Å². The molecule has 0 spiro atoms. The number of benzene rings is 1. The highest BCUT2D eigenvalue weighted by Crippen LogP contribution is 2.28. The summed E-state index contributed by atoms with van der Waals surface area (Å²) in [6.07, 6.45) is 1.70. The molecule has 0 radical (unpaired) electrons. The van der Waals surface area contributed by atoms with Gasteiger partial charge in [0.25, 0.3) is 0 Å². The third-order valence-electron chi connectivity index (χ3n) is 1.76. The van der Waals surface area contributed by atoms with Gasteiger partial charge in [0.15, 0.2) is 0 Å². The molecule has 0 aliphatic carbocycles. The topological polar surface area (TPSA) is 12.9 Å². The third kappa shape index (κ3) is 1.75. The van der Waals surface area contributed by atoms with Gasteiger partial charge in [-0.15, -0.1) is 0 Å². The van der Waals surface area contributed by atoms with E-state index >= 15 is 0 Å². The van der Waals surface area contributed by atoms with Crippen LogP contribution < -0.4 is 0 Å². The molecule has 2 rings (SSSR count). The van der Waals surface area contributed by atoms with Crippen LogP contribution in [0.5, 0.6) is 0 Å². The van der Waals surface area contributed by atoms with Gasteiger partial charge in [0.2, 0.25) is 0 Å². The number of halogens is 3. The van der Waals surface area contributed by atoms with Crippen molar-refractivity contribution in [2.24, 2.45) is 0 Å². The number of nitrogens with zero attached hydrogens (tertiary/aromatic N) is 1. The Balaban J connectivity index is 2.92. The van der Waals surface area contributed by atoms with Crippen molar-refractivity contribution in [1.82, 2.24) is 4.98 Å². The molecule has 0 saturated carbocycles. The second kappa shape index (κ2) is 3.59. The minimum absolute atomic E-state index is 0.493. The third-order valence-corrected chi connectivity index (χ3v) is 3.24. The van der Waals surface area contributed by atoms with Crippen LogP contribution in [0, 0.1) is 3.57 Å². The Morgan fingerprint density at radius 3 is 2.69 bits per heavy atom. The summed E-state index contributed by atoms with van der Waals surface area (Å²) in [4.78, 5) is 3.99. The Kier molecular flexibility index (Phi) is 2.62. The van der Waals surface area contributed by atoms with E-state index in [1.807, 2.05) is 18.2 Å². The maximum Gasteiger partial charge on any atom is 0.129 e. The molecule has 1 heterocycles. The molecule has 13 heavy (non-hydrogen) atoms. The molecule has 0 fully saturated rings. The molecule has 0 aliphatic rings. The van der Waals surface area contributed by atoms with E-state index in [2.05, 4.69) is 27.6 Å². The van der Waals surface area contributed by atoms with Gasteiger partial charge in [0, 0.05) is 20.5 Å². The van der Waals surface area contributed by atoms with Crippen molar-refractivity contribution in [3.8, 4) is 0 Å². The molecule has 0 aliphatic heterocycles. The van der Waals surface area contributed by atoms with Gasteiger partial charge in [-0.1, -0.05) is 23.2 Å². The minimum Gasteiger partial charge on any atom is -0.244 e. The maximum atomic E-state index is 5.99. The minimum atomic E-state index is 0.493. The Morgan fingerprint density at radius 2 is 1.92 bits per heavy atom. The summed E-state index contributed by atoms with van der Waals surface area (Å²) >= 11 is 14.0. The van der Waals surface area contributed by atoms with E-state index in [0.29, 0.717) is 10.2 Å². The van der Waals surface area contributed by atoms with E-state index in [-0.39, 0.29) is 0 Å². The van der Waals surface area contributed by atoms with E-state index in [1.165, 1.54) is 0 Å². The van der Waals surface area contributed by atoms with Gasteiger partial charge in [0.1, 0.15) is 5.15 Å². The quantitative estimate of drug-likeness (QED) is 0.524. The second-order valence-corrected chi connectivity index (χ2v) is 4.54. The predicted octanol–water partition coefficient (Wildman–Crippen LogP) is 4.15. The van der Waals surface area contributed by atoms with Crippen LogP contribution in [-0.2, 0) is 0 Å². The van der Waals surface area contributed by atoms with Crippen LogP contribution in [0.3, 0.4) is 0 Å². The van der Waals surface area contributed by atoms with E-state index < -0.39 is 0 Å². The van der Waals surface area contributed by atoms with Crippen molar-refractivity contribution < 1.29 is 0 Å². The highest BCUT2D eigenvalue weighted by Gasteiger charge is 2.03. The average Bonchev–Trinajstić information content (AvgIpc) is 2.12. The highest BCUT2D eigenvalue weighted by molar-refractivity contribution is 14.1. The number of fused-ring (bicyclic) bond motifs is 1. The molecule has 0 bridgehead atoms. The van der Waals surface area contributed by atoms with E-state index in [1.54, 1.807) is 6.20 Å². The van der Waals surface area contributed by atoms with E-state index in [4.69, 9.17) is 23.2 Å². The van der Waals surface area contributed by atoms with E-state index in [0.717, 1.165) is 14.3 Å². The first kappa shape index (κ1) is 9.49. The summed E-state index contributed by atoms with van der Waals surface area (Å²) in [5.74, 6) is 0. The molecule has 0 atom stereocenters. The molecular weight excluding hydrogens is 320 g/mol. The largest absolute Gasteiger partial charge is 0.244 e. The maximum absolute atomic E-state index is 5.99. The van der Waals surface area contributed by atoms with Gasteiger partial charge in [0.05, 0.1) is 5.02 Å². The summed E-state index contributed by atoms with van der Waals surface area (Å²) in [7, 11) is 0. The Hall–Kier alpha value is -0.0600. The van der Waals surface area contributed by atoms with Crippen LogP contribution in [0.4, 0.5) is 0 Å². The lowest BCUT2D eigenvalue weighted by atomic mass is 10.2. The Morgan fingerprint density at radius 1 is 1.15 bits per heavy atom. The SMILES string of the molecule is Clc1cc2c(I)ccc(Cl)c2cn1. The fourth-order valence-electron chi connectivity index (χ4n) is 1.14. The van der Waals surface area contributed by atoms with Crippen LogP contribution in [-0.4, -0.2) is 4.98 Å². The zero-order valence-corrected chi connectivity index (χ0v) is 10.1. The Bertz CT molecular complexity index is 470. The highest BCUT2D eigenvalue weighted by atomic mass is 127. The van der Waals surface area contributed by atoms with Crippen molar-refractivity contribution in [3.05, 3.63) is 38.1 Å². The van der Waals surface area contributed by atoms with Crippen LogP contribution in [0.15, 0.2) is 24.4 Å². The van der Waals surface area contributed by atoms with E-state index in [9.17, 15) is 0 Å². The Labute approximate surface area is 99.2 Å². The zero-order chi connectivity index (χ0) is 9.42. The van der Waals surface area contributed by atoms with Gasteiger partial charge in [-0.05, 0) is 40.8 Å². The number of aromatic nitrogens is 1. The summed E-state index contributed by atoms with van der Waals surface area (Å²) < 4.78 is 1.13. The number of hydrogen-bond acceptors (Lipinski definition) is 1. The number of hydrogen-bond donors (Lipinski definition) is 0. The molecule has 1 aromatic heterocycles. The van der Waals surface area contributed by atoms with Gasteiger partial charge in [-0.2, -0.15) is 0 Å². The second-order valence-electron chi connectivity index (χ2n) is 2.58. The molecule has 0 unspecified atom stereocenters. The molecule has 0 amide bonds. The lowest BCUT2D eigenvalue weighted by molar-refractivity contribution is 1.36. The molecular formula is C9H4Cl2IN. The number of pyridine rings is 1. The summed E-state index contributed by atoms with van der Waals surface area (Å²) in [6, 6.07) is 5.65. The first-order chi connectivity index (χ1) is 6.18. The lowest BCUT2D eigenvalue weighted by Crippen LogP contribution is -1.82. The summed E-state index contributed by atoms with van der Waals surface area (Å²) in [5.41, 5.74) is 0. The van der Waals surface area contributed by atoms with Crippen molar-refractivity contribution in [1.29, 1.82) is 0 Å².